The molecule has 1 saturated carbocycles. The Balaban J connectivity index is 2.69. The molecule has 4 nitrogen and oxygen atoms in total. The molecular formula is C15H20O4. The van der Waals surface area contributed by atoms with Gasteiger partial charge in [-0.15, -0.1) is 0 Å². The van der Waals surface area contributed by atoms with Gasteiger partial charge in [0.1, 0.15) is 0 Å². The number of methoxy groups -OCH3 is 2. The molecule has 0 amide bonds. The van der Waals surface area contributed by atoms with Crippen LogP contribution in [0.15, 0.2) is 12.1 Å². The Morgan fingerprint density at radius 1 is 1.21 bits per heavy atom. The number of rotatable bonds is 4. The van der Waals surface area contributed by atoms with E-state index in [1.165, 1.54) is 0 Å². The van der Waals surface area contributed by atoms with E-state index in [4.69, 9.17) is 9.47 Å². The number of hydrogen-bond acceptors (Lipinski definition) is 3. The molecule has 4 heteroatoms. The van der Waals surface area contributed by atoms with Gasteiger partial charge in [0, 0.05) is 5.56 Å². The number of benzene rings is 1. The van der Waals surface area contributed by atoms with E-state index < -0.39 is 11.4 Å². The van der Waals surface area contributed by atoms with E-state index in [1.54, 1.807) is 14.2 Å². The normalized spacial score (nSPS) is 17.2. The minimum atomic E-state index is -0.829. The lowest BCUT2D eigenvalue weighted by atomic mass is 9.76. The minimum absolute atomic E-state index is 0.562. The number of carboxylic acids is 1. The average Bonchev–Trinajstić information content (AvgIpc) is 2.88. The summed E-state index contributed by atoms with van der Waals surface area (Å²) in [6.45, 7) is 1.93. The molecule has 1 aromatic carbocycles. The predicted octanol–water partition coefficient (Wildman–Crippen LogP) is 2.91. The van der Waals surface area contributed by atoms with Gasteiger partial charge in [0.2, 0.25) is 0 Å². The Hall–Kier alpha value is -1.71. The second-order valence-corrected chi connectivity index (χ2v) is 5.09. The van der Waals surface area contributed by atoms with Gasteiger partial charge in [0.05, 0.1) is 19.6 Å². The van der Waals surface area contributed by atoms with Gasteiger partial charge in [-0.25, -0.2) is 0 Å². The molecule has 2 rings (SSSR count). The highest BCUT2D eigenvalue weighted by atomic mass is 16.5. The molecule has 0 unspecified atom stereocenters. The van der Waals surface area contributed by atoms with Crippen LogP contribution in [0, 0.1) is 6.92 Å². The fourth-order valence-corrected chi connectivity index (χ4v) is 3.17. The summed E-state index contributed by atoms with van der Waals surface area (Å²) in [6.07, 6.45) is 3.19. The minimum Gasteiger partial charge on any atom is -0.493 e. The summed E-state index contributed by atoms with van der Waals surface area (Å²) < 4.78 is 10.7. The Morgan fingerprint density at radius 2 is 1.84 bits per heavy atom. The van der Waals surface area contributed by atoms with Crippen LogP contribution >= 0.6 is 0 Å². The molecule has 0 bridgehead atoms. The first-order valence-electron chi connectivity index (χ1n) is 6.52. The van der Waals surface area contributed by atoms with E-state index in [0.29, 0.717) is 24.3 Å². The summed E-state index contributed by atoms with van der Waals surface area (Å²) in [5.74, 6) is 0.391. The van der Waals surface area contributed by atoms with Gasteiger partial charge >= 0.3 is 5.97 Å². The summed E-state index contributed by atoms with van der Waals surface area (Å²) >= 11 is 0. The largest absolute Gasteiger partial charge is 0.493 e. The third kappa shape index (κ3) is 2.05. The van der Waals surface area contributed by atoms with Crippen molar-refractivity contribution in [1.29, 1.82) is 0 Å². The van der Waals surface area contributed by atoms with E-state index in [-0.39, 0.29) is 0 Å². The zero-order valence-electron chi connectivity index (χ0n) is 11.7. The lowest BCUT2D eigenvalue weighted by Crippen LogP contribution is -2.34. The fraction of sp³-hybridized carbons (Fsp3) is 0.533. The van der Waals surface area contributed by atoms with Gasteiger partial charge in [-0.2, -0.15) is 0 Å². The molecule has 0 radical (unpaired) electrons. The maximum absolute atomic E-state index is 11.8. The molecule has 19 heavy (non-hydrogen) atoms. The number of aryl methyl sites for hydroxylation is 1. The monoisotopic (exact) mass is 264 g/mol. The molecule has 0 saturated heterocycles. The average molecular weight is 264 g/mol. The summed E-state index contributed by atoms with van der Waals surface area (Å²) in [4.78, 5) is 11.8. The zero-order valence-corrected chi connectivity index (χ0v) is 11.7. The van der Waals surface area contributed by atoms with Crippen LogP contribution in [-0.2, 0) is 10.2 Å². The summed E-state index contributed by atoms with van der Waals surface area (Å²) in [5, 5.41) is 9.73. The second kappa shape index (κ2) is 5.11. The molecule has 0 aliphatic heterocycles. The van der Waals surface area contributed by atoms with Crippen molar-refractivity contribution < 1.29 is 19.4 Å². The van der Waals surface area contributed by atoms with Crippen molar-refractivity contribution in [1.82, 2.24) is 0 Å². The van der Waals surface area contributed by atoms with Crippen LogP contribution in [0.25, 0.3) is 0 Å². The highest BCUT2D eigenvalue weighted by Gasteiger charge is 2.46. The van der Waals surface area contributed by atoms with Gasteiger partial charge in [0.25, 0.3) is 0 Å². The quantitative estimate of drug-likeness (QED) is 0.908. The number of aliphatic carboxylic acids is 1. The van der Waals surface area contributed by atoms with E-state index >= 15 is 0 Å². The Bertz CT molecular complexity index is 487. The van der Waals surface area contributed by atoms with E-state index in [0.717, 1.165) is 24.0 Å². The molecule has 104 valence electrons. The zero-order chi connectivity index (χ0) is 14.0. The number of ether oxygens (including phenoxy) is 2. The SMILES string of the molecule is COc1ccc(C)c(C2(C(=O)O)CCCC2)c1OC. The Labute approximate surface area is 113 Å². The maximum Gasteiger partial charge on any atom is 0.314 e. The van der Waals surface area contributed by atoms with Gasteiger partial charge in [-0.3, -0.25) is 4.79 Å². The standard InChI is InChI=1S/C15H20O4/c1-10-6-7-11(18-2)13(19-3)12(10)15(14(16)17)8-4-5-9-15/h6-7H,4-5,8-9H2,1-3H3,(H,16,17). The second-order valence-electron chi connectivity index (χ2n) is 5.09. The highest BCUT2D eigenvalue weighted by Crippen LogP contribution is 2.49. The van der Waals surface area contributed by atoms with Crippen LogP contribution in [0.2, 0.25) is 0 Å². The highest BCUT2D eigenvalue weighted by molar-refractivity contribution is 5.84. The molecule has 1 fully saturated rings. The lowest BCUT2D eigenvalue weighted by molar-refractivity contribution is -0.143. The molecule has 1 aliphatic rings. The molecular weight excluding hydrogens is 244 g/mol. The van der Waals surface area contributed by atoms with E-state index in [1.807, 2.05) is 19.1 Å². The Kier molecular flexibility index (Phi) is 3.69. The van der Waals surface area contributed by atoms with Crippen molar-refractivity contribution in [3.8, 4) is 11.5 Å². The van der Waals surface area contributed by atoms with Crippen molar-refractivity contribution >= 4 is 5.97 Å². The van der Waals surface area contributed by atoms with Crippen LogP contribution in [0.3, 0.4) is 0 Å². The van der Waals surface area contributed by atoms with Crippen molar-refractivity contribution in [2.45, 2.75) is 38.0 Å². The first kappa shape index (κ1) is 13.7. The fourth-order valence-electron chi connectivity index (χ4n) is 3.17. The molecule has 1 N–H and O–H groups in total. The van der Waals surface area contributed by atoms with Crippen molar-refractivity contribution in [2.24, 2.45) is 0 Å². The summed E-state index contributed by atoms with van der Waals surface area (Å²) in [6, 6.07) is 3.72. The van der Waals surface area contributed by atoms with Crippen LogP contribution in [-0.4, -0.2) is 25.3 Å². The topological polar surface area (TPSA) is 55.8 Å². The third-order valence-corrected chi connectivity index (χ3v) is 4.10. The van der Waals surface area contributed by atoms with Crippen molar-refractivity contribution in [3.63, 3.8) is 0 Å². The van der Waals surface area contributed by atoms with Gasteiger partial charge < -0.3 is 14.6 Å². The van der Waals surface area contributed by atoms with Crippen LogP contribution in [0.4, 0.5) is 0 Å². The number of carbonyl (C=O) groups is 1. The third-order valence-electron chi connectivity index (χ3n) is 4.10. The Morgan fingerprint density at radius 3 is 2.32 bits per heavy atom. The predicted molar refractivity (Wildman–Crippen MR) is 72.1 cm³/mol. The maximum atomic E-state index is 11.8. The molecule has 0 atom stereocenters. The van der Waals surface area contributed by atoms with Crippen LogP contribution in [0.5, 0.6) is 11.5 Å². The van der Waals surface area contributed by atoms with E-state index in [9.17, 15) is 9.90 Å². The summed E-state index contributed by atoms with van der Waals surface area (Å²) in [5.41, 5.74) is 0.894. The molecule has 0 aromatic heterocycles. The van der Waals surface area contributed by atoms with Gasteiger partial charge in [-0.05, 0) is 31.4 Å². The number of hydrogen-bond donors (Lipinski definition) is 1. The van der Waals surface area contributed by atoms with Gasteiger partial charge in [-0.1, -0.05) is 18.9 Å². The smallest absolute Gasteiger partial charge is 0.314 e. The van der Waals surface area contributed by atoms with Gasteiger partial charge in [0.15, 0.2) is 11.5 Å². The van der Waals surface area contributed by atoms with E-state index in [2.05, 4.69) is 0 Å². The van der Waals surface area contributed by atoms with Crippen LogP contribution < -0.4 is 9.47 Å². The molecule has 1 aromatic rings. The number of carboxylic acid groups (broad SMARTS) is 1. The first-order chi connectivity index (χ1) is 9.06. The van der Waals surface area contributed by atoms with Crippen molar-refractivity contribution in [2.75, 3.05) is 14.2 Å². The molecule has 1 aliphatic carbocycles. The van der Waals surface area contributed by atoms with Crippen molar-refractivity contribution in [3.05, 3.63) is 23.3 Å². The molecule has 0 spiro atoms. The molecule has 0 heterocycles. The van der Waals surface area contributed by atoms with Crippen LogP contribution in [0.1, 0.15) is 36.8 Å². The lowest BCUT2D eigenvalue weighted by Gasteiger charge is -2.29. The first-order valence-corrected chi connectivity index (χ1v) is 6.52. The summed E-state index contributed by atoms with van der Waals surface area (Å²) in [7, 11) is 3.13.